The number of nitrogens with zero attached hydrogens (tertiary/aromatic N) is 1. The van der Waals surface area contributed by atoms with Crippen molar-refractivity contribution in [2.75, 3.05) is 5.32 Å². The first-order chi connectivity index (χ1) is 10.2. The van der Waals surface area contributed by atoms with Crippen LogP contribution in [0.3, 0.4) is 0 Å². The zero-order valence-corrected chi connectivity index (χ0v) is 12.2. The number of fused-ring (bicyclic) bond motifs is 1. The van der Waals surface area contributed by atoms with E-state index in [4.69, 9.17) is 18.0 Å². The SMILES string of the molecule is NC(=S)c1cccc(NCc2cccc3ccccc23)n1. The van der Waals surface area contributed by atoms with Gasteiger partial charge in [0.25, 0.3) is 0 Å². The molecule has 0 aliphatic heterocycles. The molecule has 2 aromatic carbocycles. The second kappa shape index (κ2) is 5.89. The van der Waals surface area contributed by atoms with Crippen LogP contribution in [0.5, 0.6) is 0 Å². The van der Waals surface area contributed by atoms with Gasteiger partial charge in [0.05, 0.1) is 5.69 Å². The Balaban J connectivity index is 1.84. The Morgan fingerprint density at radius 2 is 1.76 bits per heavy atom. The predicted octanol–water partition coefficient (Wildman–Crippen LogP) is 3.48. The van der Waals surface area contributed by atoms with Crippen LogP contribution >= 0.6 is 12.2 Å². The Morgan fingerprint density at radius 1 is 1.00 bits per heavy atom. The monoisotopic (exact) mass is 293 g/mol. The van der Waals surface area contributed by atoms with Crippen LogP contribution in [-0.2, 0) is 6.54 Å². The molecule has 0 atom stereocenters. The average molecular weight is 293 g/mol. The van der Waals surface area contributed by atoms with E-state index in [1.165, 1.54) is 16.3 Å². The van der Waals surface area contributed by atoms with Crippen molar-refractivity contribution in [3.63, 3.8) is 0 Å². The largest absolute Gasteiger partial charge is 0.388 e. The van der Waals surface area contributed by atoms with Gasteiger partial charge in [0.1, 0.15) is 10.8 Å². The van der Waals surface area contributed by atoms with Crippen LogP contribution in [0.4, 0.5) is 5.82 Å². The molecule has 3 rings (SSSR count). The van der Waals surface area contributed by atoms with Gasteiger partial charge in [-0.25, -0.2) is 4.98 Å². The Kier molecular flexibility index (Phi) is 3.79. The Morgan fingerprint density at radius 3 is 2.62 bits per heavy atom. The van der Waals surface area contributed by atoms with Gasteiger partial charge in [0.15, 0.2) is 0 Å². The van der Waals surface area contributed by atoms with Crippen molar-refractivity contribution in [2.45, 2.75) is 6.54 Å². The Bertz CT molecular complexity index is 793. The molecule has 3 N–H and O–H groups in total. The van der Waals surface area contributed by atoms with Crippen molar-refractivity contribution in [1.82, 2.24) is 4.98 Å². The third-order valence-electron chi connectivity index (χ3n) is 3.34. The summed E-state index contributed by atoms with van der Waals surface area (Å²) in [6, 6.07) is 20.3. The lowest BCUT2D eigenvalue weighted by Gasteiger charge is -2.09. The molecule has 21 heavy (non-hydrogen) atoms. The number of hydrogen-bond donors (Lipinski definition) is 2. The quantitative estimate of drug-likeness (QED) is 0.723. The number of hydrogen-bond acceptors (Lipinski definition) is 3. The molecule has 0 amide bonds. The summed E-state index contributed by atoms with van der Waals surface area (Å²) in [5.41, 5.74) is 7.47. The van der Waals surface area contributed by atoms with E-state index in [2.05, 4.69) is 46.7 Å². The van der Waals surface area contributed by atoms with Gasteiger partial charge < -0.3 is 11.1 Å². The fourth-order valence-corrected chi connectivity index (χ4v) is 2.42. The summed E-state index contributed by atoms with van der Waals surface area (Å²) in [5.74, 6) is 0.772. The van der Waals surface area contributed by atoms with Gasteiger partial charge in [-0.1, -0.05) is 60.7 Å². The highest BCUT2D eigenvalue weighted by atomic mass is 32.1. The molecule has 1 aromatic heterocycles. The highest BCUT2D eigenvalue weighted by Gasteiger charge is 2.02. The van der Waals surface area contributed by atoms with E-state index in [-0.39, 0.29) is 0 Å². The molecular formula is C17H15N3S. The number of rotatable bonds is 4. The smallest absolute Gasteiger partial charge is 0.127 e. The van der Waals surface area contributed by atoms with Gasteiger partial charge in [-0.05, 0) is 28.5 Å². The molecule has 0 fully saturated rings. The molecule has 0 saturated heterocycles. The molecule has 0 spiro atoms. The molecule has 0 bridgehead atoms. The summed E-state index contributed by atoms with van der Waals surface area (Å²) in [4.78, 5) is 4.70. The summed E-state index contributed by atoms with van der Waals surface area (Å²) in [6.45, 7) is 0.704. The minimum atomic E-state index is 0.309. The number of benzene rings is 2. The molecule has 0 unspecified atom stereocenters. The minimum Gasteiger partial charge on any atom is -0.388 e. The summed E-state index contributed by atoms with van der Waals surface area (Å²) < 4.78 is 0. The van der Waals surface area contributed by atoms with Gasteiger partial charge in [0, 0.05) is 6.54 Å². The van der Waals surface area contributed by atoms with E-state index in [1.54, 1.807) is 0 Å². The van der Waals surface area contributed by atoms with Crippen molar-refractivity contribution in [2.24, 2.45) is 5.73 Å². The number of aromatic nitrogens is 1. The Labute approximate surface area is 128 Å². The van der Waals surface area contributed by atoms with E-state index in [1.807, 2.05) is 24.3 Å². The first-order valence-corrected chi connectivity index (χ1v) is 7.12. The topological polar surface area (TPSA) is 50.9 Å². The molecule has 104 valence electrons. The molecule has 1 heterocycles. The van der Waals surface area contributed by atoms with Crippen LogP contribution in [-0.4, -0.2) is 9.97 Å². The van der Waals surface area contributed by atoms with Crippen molar-refractivity contribution < 1.29 is 0 Å². The zero-order valence-electron chi connectivity index (χ0n) is 11.4. The lowest BCUT2D eigenvalue weighted by molar-refractivity contribution is 1.12. The highest BCUT2D eigenvalue weighted by molar-refractivity contribution is 7.80. The molecule has 0 saturated carbocycles. The first kappa shape index (κ1) is 13.5. The predicted molar refractivity (Wildman–Crippen MR) is 91.4 cm³/mol. The summed E-state index contributed by atoms with van der Waals surface area (Å²) >= 11 is 4.95. The van der Waals surface area contributed by atoms with Gasteiger partial charge in [-0.3, -0.25) is 0 Å². The third-order valence-corrected chi connectivity index (χ3v) is 3.55. The number of pyridine rings is 1. The number of nitrogens with one attached hydrogen (secondary N) is 1. The first-order valence-electron chi connectivity index (χ1n) is 6.71. The average Bonchev–Trinajstić information content (AvgIpc) is 2.53. The second-order valence-corrected chi connectivity index (χ2v) is 5.20. The van der Waals surface area contributed by atoms with Gasteiger partial charge in [-0.15, -0.1) is 0 Å². The maximum absolute atomic E-state index is 5.61. The van der Waals surface area contributed by atoms with E-state index in [0.29, 0.717) is 17.2 Å². The van der Waals surface area contributed by atoms with Crippen molar-refractivity contribution in [3.8, 4) is 0 Å². The maximum Gasteiger partial charge on any atom is 0.127 e. The third kappa shape index (κ3) is 3.01. The van der Waals surface area contributed by atoms with Crippen molar-refractivity contribution in [1.29, 1.82) is 0 Å². The number of anilines is 1. The van der Waals surface area contributed by atoms with Crippen LogP contribution in [0.15, 0.2) is 60.7 Å². The van der Waals surface area contributed by atoms with Crippen LogP contribution in [0.1, 0.15) is 11.3 Å². The van der Waals surface area contributed by atoms with Crippen LogP contribution < -0.4 is 11.1 Å². The molecule has 3 aromatic rings. The molecule has 4 heteroatoms. The molecule has 0 aliphatic rings. The minimum absolute atomic E-state index is 0.309. The van der Waals surface area contributed by atoms with Gasteiger partial charge >= 0.3 is 0 Å². The van der Waals surface area contributed by atoms with Crippen LogP contribution in [0.2, 0.25) is 0 Å². The lowest BCUT2D eigenvalue weighted by Crippen LogP contribution is -2.12. The van der Waals surface area contributed by atoms with E-state index in [9.17, 15) is 0 Å². The second-order valence-electron chi connectivity index (χ2n) is 4.76. The zero-order chi connectivity index (χ0) is 14.7. The standard InChI is InChI=1S/C17H15N3S/c18-17(21)15-9-4-10-16(20-15)19-11-13-7-3-6-12-5-1-2-8-14(12)13/h1-10H,11H2,(H2,18,21)(H,19,20). The normalized spacial score (nSPS) is 10.5. The Hall–Kier alpha value is -2.46. The van der Waals surface area contributed by atoms with Gasteiger partial charge in [-0.2, -0.15) is 0 Å². The number of thiocarbonyl (C=S) groups is 1. The summed E-state index contributed by atoms with van der Waals surface area (Å²) in [7, 11) is 0. The van der Waals surface area contributed by atoms with Crippen molar-refractivity contribution in [3.05, 3.63) is 71.9 Å². The highest BCUT2D eigenvalue weighted by Crippen LogP contribution is 2.19. The maximum atomic E-state index is 5.61. The van der Waals surface area contributed by atoms with Crippen LogP contribution in [0.25, 0.3) is 10.8 Å². The summed E-state index contributed by atoms with van der Waals surface area (Å²) in [6.07, 6.45) is 0. The molecular weight excluding hydrogens is 278 g/mol. The molecule has 0 aliphatic carbocycles. The lowest BCUT2D eigenvalue weighted by atomic mass is 10.0. The van der Waals surface area contributed by atoms with Gasteiger partial charge in [0.2, 0.25) is 0 Å². The summed E-state index contributed by atoms with van der Waals surface area (Å²) in [5, 5.41) is 5.81. The molecule has 0 radical (unpaired) electrons. The molecule has 3 nitrogen and oxygen atoms in total. The van der Waals surface area contributed by atoms with E-state index < -0.39 is 0 Å². The van der Waals surface area contributed by atoms with Crippen LogP contribution in [0, 0.1) is 0 Å². The van der Waals surface area contributed by atoms with E-state index >= 15 is 0 Å². The van der Waals surface area contributed by atoms with Crippen molar-refractivity contribution >= 4 is 33.8 Å². The van der Waals surface area contributed by atoms with E-state index in [0.717, 1.165) is 5.82 Å². The number of nitrogens with two attached hydrogens (primary N) is 1. The fraction of sp³-hybridized carbons (Fsp3) is 0.0588. The fourth-order valence-electron chi connectivity index (χ4n) is 2.30.